The third-order valence-corrected chi connectivity index (χ3v) is 6.97. The van der Waals surface area contributed by atoms with Crippen LogP contribution in [0, 0.1) is 0 Å². The van der Waals surface area contributed by atoms with Crippen LogP contribution in [0.15, 0.2) is 72.9 Å². The molecule has 180 valence electrons. The van der Waals surface area contributed by atoms with Crippen LogP contribution in [0.3, 0.4) is 0 Å². The number of pyridine rings is 1. The third kappa shape index (κ3) is 4.87. The molecule has 1 saturated heterocycles. The molecule has 1 aliphatic rings. The van der Waals surface area contributed by atoms with Gasteiger partial charge in [0, 0.05) is 25.3 Å². The first kappa shape index (κ1) is 23.0. The molecule has 0 spiro atoms. The lowest BCUT2D eigenvalue weighted by Crippen LogP contribution is -2.32. The van der Waals surface area contributed by atoms with Crippen LogP contribution in [0.4, 0.5) is 5.69 Å². The first-order valence-corrected chi connectivity index (χ1v) is 12.4. The van der Waals surface area contributed by atoms with E-state index >= 15 is 0 Å². The molecule has 2 aromatic carbocycles. The Bertz CT molecular complexity index is 1290. The summed E-state index contributed by atoms with van der Waals surface area (Å²) in [6.07, 6.45) is 4.84. The molecule has 1 aliphatic heterocycles. The Morgan fingerprint density at radius 3 is 2.46 bits per heavy atom. The number of ether oxygens (including phenoxy) is 1. The van der Waals surface area contributed by atoms with Crippen LogP contribution < -0.4 is 15.0 Å². The number of methoxy groups -OCH3 is 1. The molecule has 0 bridgehead atoms. The van der Waals surface area contributed by atoms with Gasteiger partial charge in [-0.3, -0.25) is 9.20 Å². The van der Waals surface area contributed by atoms with Crippen molar-refractivity contribution in [2.75, 3.05) is 25.1 Å². The lowest BCUT2D eigenvalue weighted by Gasteiger charge is -2.34. The first-order chi connectivity index (χ1) is 17.2. The number of fused-ring (bicyclic) bond motifs is 1. The SMILES string of the molecule is CCc1nc2ccc(OC)cn2c1C(=O)NCc1ccc(N2CCC(c3ccccc3)CC2)cc1. The summed E-state index contributed by atoms with van der Waals surface area (Å²) in [6, 6.07) is 23.1. The molecule has 5 rings (SSSR count). The van der Waals surface area contributed by atoms with E-state index in [1.165, 1.54) is 24.1 Å². The summed E-state index contributed by atoms with van der Waals surface area (Å²) in [4.78, 5) is 20.2. The van der Waals surface area contributed by atoms with E-state index in [1.807, 2.05) is 29.7 Å². The smallest absolute Gasteiger partial charge is 0.270 e. The molecule has 1 N–H and O–H groups in total. The summed E-state index contributed by atoms with van der Waals surface area (Å²) in [7, 11) is 1.62. The Morgan fingerprint density at radius 1 is 1.03 bits per heavy atom. The standard InChI is InChI=1S/C29H32N4O2/c1-3-26-28(33-20-25(35-2)13-14-27(33)31-26)29(34)30-19-21-9-11-24(12-10-21)32-17-15-23(16-18-32)22-7-5-4-6-8-22/h4-14,20,23H,3,15-19H2,1-2H3,(H,30,34). The quantitative estimate of drug-likeness (QED) is 0.404. The van der Waals surface area contributed by atoms with Crippen molar-refractivity contribution < 1.29 is 9.53 Å². The van der Waals surface area contributed by atoms with Gasteiger partial charge in [-0.1, -0.05) is 49.4 Å². The number of nitrogens with zero attached hydrogens (tertiary/aromatic N) is 3. The van der Waals surface area contributed by atoms with Crippen LogP contribution in [0.1, 0.15) is 53.0 Å². The highest BCUT2D eigenvalue weighted by Crippen LogP contribution is 2.30. The lowest BCUT2D eigenvalue weighted by molar-refractivity contribution is 0.0944. The second-order valence-electron chi connectivity index (χ2n) is 9.08. The number of piperidine rings is 1. The minimum atomic E-state index is -0.130. The maximum absolute atomic E-state index is 13.1. The lowest BCUT2D eigenvalue weighted by atomic mass is 9.89. The van der Waals surface area contributed by atoms with Crippen molar-refractivity contribution in [3.63, 3.8) is 0 Å². The Hall–Kier alpha value is -3.80. The van der Waals surface area contributed by atoms with E-state index in [0.717, 1.165) is 30.0 Å². The number of aromatic nitrogens is 2. The van der Waals surface area contributed by atoms with Gasteiger partial charge >= 0.3 is 0 Å². The van der Waals surface area contributed by atoms with Gasteiger partial charge in [0.1, 0.15) is 17.1 Å². The van der Waals surface area contributed by atoms with Crippen molar-refractivity contribution in [3.05, 3.63) is 95.4 Å². The van der Waals surface area contributed by atoms with Crippen LogP contribution in [-0.2, 0) is 13.0 Å². The molecule has 1 amide bonds. The number of anilines is 1. The summed E-state index contributed by atoms with van der Waals surface area (Å²) >= 11 is 0. The highest BCUT2D eigenvalue weighted by Gasteiger charge is 2.21. The van der Waals surface area contributed by atoms with E-state index in [0.29, 0.717) is 30.3 Å². The van der Waals surface area contributed by atoms with Crippen LogP contribution in [0.2, 0.25) is 0 Å². The number of carbonyl (C=O) groups excluding carboxylic acids is 1. The molecule has 4 aromatic rings. The molecular formula is C29H32N4O2. The topological polar surface area (TPSA) is 58.9 Å². The van der Waals surface area contributed by atoms with Gasteiger partial charge in [-0.05, 0) is 60.6 Å². The van der Waals surface area contributed by atoms with Crippen molar-refractivity contribution in [3.8, 4) is 5.75 Å². The largest absolute Gasteiger partial charge is 0.495 e. The van der Waals surface area contributed by atoms with Crippen LogP contribution >= 0.6 is 0 Å². The summed E-state index contributed by atoms with van der Waals surface area (Å²) in [5.41, 5.74) is 5.87. The number of nitrogens with one attached hydrogen (secondary N) is 1. The fourth-order valence-electron chi connectivity index (χ4n) is 4.97. The molecular weight excluding hydrogens is 436 g/mol. The number of hydrogen-bond donors (Lipinski definition) is 1. The minimum Gasteiger partial charge on any atom is -0.495 e. The van der Waals surface area contributed by atoms with Crippen molar-refractivity contribution in [2.24, 2.45) is 0 Å². The van der Waals surface area contributed by atoms with Crippen LogP contribution in [0.5, 0.6) is 5.75 Å². The zero-order chi connectivity index (χ0) is 24.2. The fourth-order valence-corrected chi connectivity index (χ4v) is 4.97. The Morgan fingerprint density at radius 2 is 1.77 bits per heavy atom. The number of benzene rings is 2. The van der Waals surface area contributed by atoms with E-state index in [2.05, 4.69) is 69.8 Å². The van der Waals surface area contributed by atoms with E-state index in [1.54, 1.807) is 7.11 Å². The number of rotatable bonds is 7. The Labute approximate surface area is 206 Å². The number of imidazole rings is 1. The summed E-state index contributed by atoms with van der Waals surface area (Å²) < 4.78 is 7.15. The van der Waals surface area contributed by atoms with E-state index < -0.39 is 0 Å². The van der Waals surface area contributed by atoms with Crippen LogP contribution in [0.25, 0.3) is 5.65 Å². The van der Waals surface area contributed by atoms with Crippen molar-refractivity contribution in [2.45, 2.75) is 38.6 Å². The second-order valence-corrected chi connectivity index (χ2v) is 9.08. The minimum absolute atomic E-state index is 0.130. The first-order valence-electron chi connectivity index (χ1n) is 12.4. The summed E-state index contributed by atoms with van der Waals surface area (Å²) in [6.45, 7) is 4.60. The van der Waals surface area contributed by atoms with Gasteiger partial charge in [-0.25, -0.2) is 4.98 Å². The maximum atomic E-state index is 13.1. The number of amides is 1. The summed E-state index contributed by atoms with van der Waals surface area (Å²) in [5.74, 6) is 1.21. The molecule has 3 heterocycles. The Balaban J connectivity index is 1.21. The van der Waals surface area contributed by atoms with Crippen molar-refractivity contribution in [1.82, 2.24) is 14.7 Å². The molecule has 35 heavy (non-hydrogen) atoms. The fraction of sp³-hybridized carbons (Fsp3) is 0.310. The number of carbonyl (C=O) groups is 1. The molecule has 0 aliphatic carbocycles. The molecule has 6 nitrogen and oxygen atoms in total. The highest BCUT2D eigenvalue weighted by molar-refractivity contribution is 5.94. The van der Waals surface area contributed by atoms with Crippen molar-refractivity contribution >= 4 is 17.2 Å². The monoisotopic (exact) mass is 468 g/mol. The van der Waals surface area contributed by atoms with Gasteiger partial charge < -0.3 is 15.0 Å². The molecule has 0 radical (unpaired) electrons. The molecule has 6 heteroatoms. The van der Waals surface area contributed by atoms with Gasteiger partial charge in [0.25, 0.3) is 5.91 Å². The normalized spacial score (nSPS) is 14.3. The van der Waals surface area contributed by atoms with E-state index in [4.69, 9.17) is 4.74 Å². The van der Waals surface area contributed by atoms with Gasteiger partial charge in [-0.2, -0.15) is 0 Å². The number of aryl methyl sites for hydroxylation is 1. The van der Waals surface area contributed by atoms with E-state index in [9.17, 15) is 4.79 Å². The average molecular weight is 469 g/mol. The van der Waals surface area contributed by atoms with Gasteiger partial charge in [-0.15, -0.1) is 0 Å². The molecule has 0 unspecified atom stereocenters. The summed E-state index contributed by atoms with van der Waals surface area (Å²) in [5, 5.41) is 3.07. The number of hydrogen-bond acceptors (Lipinski definition) is 4. The Kier molecular flexibility index (Phi) is 6.70. The van der Waals surface area contributed by atoms with E-state index in [-0.39, 0.29) is 5.91 Å². The zero-order valence-electron chi connectivity index (χ0n) is 20.4. The zero-order valence-corrected chi connectivity index (χ0v) is 20.4. The average Bonchev–Trinajstić information content (AvgIpc) is 3.30. The molecule has 2 aromatic heterocycles. The van der Waals surface area contributed by atoms with Crippen LogP contribution in [-0.4, -0.2) is 35.5 Å². The predicted molar refractivity (Wildman–Crippen MR) is 139 cm³/mol. The predicted octanol–water partition coefficient (Wildman–Crippen LogP) is 5.22. The molecule has 1 fully saturated rings. The highest BCUT2D eigenvalue weighted by atomic mass is 16.5. The second kappa shape index (κ2) is 10.2. The third-order valence-electron chi connectivity index (χ3n) is 6.97. The van der Waals surface area contributed by atoms with Crippen molar-refractivity contribution in [1.29, 1.82) is 0 Å². The van der Waals surface area contributed by atoms with Gasteiger partial charge in [0.05, 0.1) is 19.0 Å². The maximum Gasteiger partial charge on any atom is 0.270 e. The van der Waals surface area contributed by atoms with Gasteiger partial charge in [0.15, 0.2) is 0 Å². The molecule has 0 atom stereocenters. The van der Waals surface area contributed by atoms with Gasteiger partial charge in [0.2, 0.25) is 0 Å². The molecule has 0 saturated carbocycles.